The molecule has 0 radical (unpaired) electrons. The molecule has 196 valence electrons. The molecule has 5 saturated carbocycles. The highest BCUT2D eigenvalue weighted by Crippen LogP contribution is 2.93. The molecule has 3 spiro atoms. The van der Waals surface area contributed by atoms with Crippen LogP contribution < -0.4 is 0 Å². The van der Waals surface area contributed by atoms with Crippen molar-refractivity contribution in [1.82, 2.24) is 4.90 Å². The average Bonchev–Trinajstić information content (AvgIpc) is 3.36. The monoisotopic (exact) mass is 497 g/mol. The van der Waals surface area contributed by atoms with E-state index < -0.39 is 0 Å². The Morgan fingerprint density at radius 1 is 1.03 bits per heavy atom. The first-order chi connectivity index (χ1) is 17.9. The van der Waals surface area contributed by atoms with E-state index in [-0.39, 0.29) is 11.0 Å². The van der Waals surface area contributed by atoms with Gasteiger partial charge in [-0.05, 0) is 104 Å². The van der Waals surface area contributed by atoms with Crippen molar-refractivity contribution in [2.45, 2.75) is 102 Å². The second-order valence-electron chi connectivity index (χ2n) is 15.2. The molecule has 0 N–H and O–H groups in total. The van der Waals surface area contributed by atoms with E-state index in [1.165, 1.54) is 69.0 Å². The van der Waals surface area contributed by atoms with Gasteiger partial charge in [0.15, 0.2) is 5.78 Å². The number of rotatable bonds is 2. The highest BCUT2D eigenvalue weighted by molar-refractivity contribution is 5.91. The van der Waals surface area contributed by atoms with E-state index >= 15 is 0 Å². The summed E-state index contributed by atoms with van der Waals surface area (Å²) < 4.78 is 7.44. The number of carbonyl (C=O) groups excluding carboxylic acids is 1. The van der Waals surface area contributed by atoms with Crippen molar-refractivity contribution in [2.75, 3.05) is 6.54 Å². The number of allylic oxidation sites excluding steroid dienone is 2. The lowest BCUT2D eigenvalue weighted by Crippen LogP contribution is -2.64. The van der Waals surface area contributed by atoms with Crippen LogP contribution in [-0.2, 0) is 16.1 Å². The second kappa shape index (κ2) is 7.00. The fraction of sp³-hybridized carbons (Fsp3) is 0.735. The number of carbonyl (C=O) groups is 1. The number of ether oxygens (including phenoxy) is 1. The molecule has 7 fully saturated rings. The maximum absolute atomic E-state index is 12.3. The van der Waals surface area contributed by atoms with Gasteiger partial charge in [-0.3, -0.25) is 9.69 Å². The largest absolute Gasteiger partial charge is 0.369 e. The normalized spacial score (nSPS) is 54.9. The lowest BCUT2D eigenvalue weighted by atomic mass is 9.47. The molecule has 2 heterocycles. The van der Waals surface area contributed by atoms with Gasteiger partial charge in [0, 0.05) is 36.9 Å². The summed E-state index contributed by atoms with van der Waals surface area (Å²) in [6.07, 6.45) is 15.2. The van der Waals surface area contributed by atoms with Crippen molar-refractivity contribution in [3.05, 3.63) is 47.5 Å². The summed E-state index contributed by atoms with van der Waals surface area (Å²) in [4.78, 5) is 15.1. The Hall–Kier alpha value is -1.45. The van der Waals surface area contributed by atoms with Crippen molar-refractivity contribution in [1.29, 1.82) is 0 Å². The third-order valence-electron chi connectivity index (χ3n) is 14.1. The molecule has 8 aliphatic rings. The zero-order valence-electron chi connectivity index (χ0n) is 22.8. The van der Waals surface area contributed by atoms with Gasteiger partial charge in [0.2, 0.25) is 0 Å². The van der Waals surface area contributed by atoms with Crippen LogP contribution in [0.3, 0.4) is 0 Å². The van der Waals surface area contributed by atoms with E-state index in [1.807, 2.05) is 0 Å². The van der Waals surface area contributed by atoms with Crippen LogP contribution in [0.25, 0.3) is 0 Å². The van der Waals surface area contributed by atoms with Gasteiger partial charge in [0.25, 0.3) is 0 Å². The first kappa shape index (κ1) is 22.4. The topological polar surface area (TPSA) is 29.5 Å². The predicted octanol–water partition coefficient (Wildman–Crippen LogP) is 6.57. The van der Waals surface area contributed by atoms with Gasteiger partial charge in [-0.15, -0.1) is 0 Å². The van der Waals surface area contributed by atoms with Crippen LogP contribution in [0, 0.1) is 45.8 Å². The van der Waals surface area contributed by atoms with E-state index in [9.17, 15) is 4.79 Å². The van der Waals surface area contributed by atoms with Crippen LogP contribution in [0.1, 0.15) is 83.6 Å². The van der Waals surface area contributed by atoms with Gasteiger partial charge in [0.1, 0.15) is 0 Å². The molecule has 0 bridgehead atoms. The molecule has 6 aliphatic carbocycles. The smallest absolute Gasteiger partial charge is 0.155 e. The van der Waals surface area contributed by atoms with Crippen LogP contribution >= 0.6 is 0 Å². The van der Waals surface area contributed by atoms with Crippen LogP contribution in [0.5, 0.6) is 0 Å². The highest BCUT2D eigenvalue weighted by atomic mass is 16.5. The summed E-state index contributed by atoms with van der Waals surface area (Å²) >= 11 is 0. The van der Waals surface area contributed by atoms with Crippen LogP contribution in [0.2, 0.25) is 0 Å². The van der Waals surface area contributed by atoms with Gasteiger partial charge >= 0.3 is 0 Å². The second-order valence-corrected chi connectivity index (χ2v) is 15.2. The molecule has 0 amide bonds. The molecule has 2 saturated heterocycles. The molecule has 2 unspecified atom stereocenters. The number of piperidine rings is 1. The van der Waals surface area contributed by atoms with E-state index in [4.69, 9.17) is 4.74 Å². The van der Waals surface area contributed by atoms with Gasteiger partial charge in [0.05, 0.1) is 11.7 Å². The number of nitrogens with zero attached hydrogens (tertiary/aromatic N) is 1. The zero-order valence-corrected chi connectivity index (χ0v) is 22.8. The Bertz CT molecular complexity index is 1210. The van der Waals surface area contributed by atoms with Crippen molar-refractivity contribution >= 4 is 5.78 Å². The summed E-state index contributed by atoms with van der Waals surface area (Å²) in [5.74, 6) is 4.47. The number of benzene rings is 1. The summed E-state index contributed by atoms with van der Waals surface area (Å²) in [6, 6.07) is 11.8. The quantitative estimate of drug-likeness (QED) is 0.463. The molecule has 11 atom stereocenters. The molecule has 3 heteroatoms. The minimum Gasteiger partial charge on any atom is -0.369 e. The summed E-state index contributed by atoms with van der Waals surface area (Å²) in [6.45, 7) is 7.31. The fourth-order valence-electron chi connectivity index (χ4n) is 12.8. The molecular weight excluding hydrogens is 454 g/mol. The molecule has 2 aliphatic heterocycles. The van der Waals surface area contributed by atoms with E-state index in [1.54, 1.807) is 0 Å². The third kappa shape index (κ3) is 2.52. The summed E-state index contributed by atoms with van der Waals surface area (Å²) in [5, 5.41) is 0. The number of hydrogen-bond acceptors (Lipinski definition) is 3. The van der Waals surface area contributed by atoms with Crippen LogP contribution in [0.15, 0.2) is 42.0 Å². The van der Waals surface area contributed by atoms with Crippen molar-refractivity contribution in [3.8, 4) is 0 Å². The SMILES string of the molecule is C[C@H]1C[C@H]2O[C@@]34CC[C@H]5[C@@H]6CCC7=CC(=O)CC[C@]7(C)[C@H]6CC56CC63C[C@@H]4[C@@H]2N(Cc2ccccc2)C1. The van der Waals surface area contributed by atoms with Gasteiger partial charge < -0.3 is 4.74 Å². The summed E-state index contributed by atoms with van der Waals surface area (Å²) in [5.41, 5.74) is 4.47. The van der Waals surface area contributed by atoms with Crippen molar-refractivity contribution in [3.63, 3.8) is 0 Å². The molecule has 0 aromatic heterocycles. The first-order valence-electron chi connectivity index (χ1n) is 15.6. The Morgan fingerprint density at radius 3 is 2.76 bits per heavy atom. The molecular formula is C34H43NO2. The average molecular weight is 498 g/mol. The standard InChI is InChI=1S/C34H43NO2/c1-21-14-29-30(35(18-21)19-22-6-4-3-5-7-22)28-17-33-20-32(33)16-27-25(26(32)11-13-34(28,33)37-29)9-8-23-15-24(36)10-12-31(23,27)2/h3-7,15,21,25-30H,8-14,16-20H2,1-2H3/t21-,25-,26-,27-,28+,29+,30-,31-,32?,33?,34+/m0/s1. The lowest BCUT2D eigenvalue weighted by molar-refractivity contribution is -0.211. The predicted molar refractivity (Wildman–Crippen MR) is 144 cm³/mol. The highest BCUT2D eigenvalue weighted by Gasteiger charge is 2.91. The number of hydrogen-bond donors (Lipinski definition) is 0. The van der Waals surface area contributed by atoms with Crippen molar-refractivity contribution < 1.29 is 9.53 Å². The van der Waals surface area contributed by atoms with E-state index in [0.717, 1.165) is 43.1 Å². The molecule has 1 aromatic rings. The Kier molecular flexibility index (Phi) is 4.23. The van der Waals surface area contributed by atoms with E-state index in [0.29, 0.717) is 34.7 Å². The van der Waals surface area contributed by atoms with Crippen LogP contribution in [0.4, 0.5) is 0 Å². The molecule has 3 nitrogen and oxygen atoms in total. The van der Waals surface area contributed by atoms with Crippen LogP contribution in [-0.4, -0.2) is 35.0 Å². The fourth-order valence-corrected chi connectivity index (χ4v) is 12.8. The zero-order chi connectivity index (χ0) is 24.8. The number of likely N-dealkylation sites (tertiary alicyclic amines) is 1. The third-order valence-corrected chi connectivity index (χ3v) is 14.1. The maximum Gasteiger partial charge on any atom is 0.155 e. The van der Waals surface area contributed by atoms with Gasteiger partial charge in [-0.1, -0.05) is 49.8 Å². The molecule has 9 rings (SSSR count). The first-order valence-corrected chi connectivity index (χ1v) is 15.6. The maximum atomic E-state index is 12.3. The van der Waals surface area contributed by atoms with E-state index in [2.05, 4.69) is 55.2 Å². The Balaban J connectivity index is 1.04. The Morgan fingerprint density at radius 2 is 1.89 bits per heavy atom. The minimum atomic E-state index is 0.174. The Labute approximate surface area is 222 Å². The number of ketones is 1. The van der Waals surface area contributed by atoms with Gasteiger partial charge in [-0.25, -0.2) is 0 Å². The molecule has 1 aromatic carbocycles. The molecule has 37 heavy (non-hydrogen) atoms. The van der Waals surface area contributed by atoms with Crippen molar-refractivity contribution in [2.24, 2.45) is 45.8 Å². The number of fused-ring (bicyclic) bond motifs is 6. The minimum absolute atomic E-state index is 0.174. The lowest BCUT2D eigenvalue weighted by Gasteiger charge is -2.60. The van der Waals surface area contributed by atoms with Gasteiger partial charge in [-0.2, -0.15) is 0 Å². The summed E-state index contributed by atoms with van der Waals surface area (Å²) in [7, 11) is 0.